The number of nitrogens with zero attached hydrogens (tertiary/aromatic N) is 2. The van der Waals surface area contributed by atoms with Gasteiger partial charge in [-0.2, -0.15) is 0 Å². The molecule has 5 aromatic rings. The highest BCUT2D eigenvalue weighted by molar-refractivity contribution is 5.93. The molecule has 0 aliphatic rings. The molecule has 5 rings (SSSR count). The van der Waals surface area contributed by atoms with Crippen LogP contribution in [0.3, 0.4) is 0 Å². The standard InChI is InChI=1S/C26H17F2N3O3/c27-18-3-1-2-16(10-18)14-33-25-8-5-19(12-22(25)28)31-26-21-11-17(4-7-23(21)29-15-30-26)24-9-6-20(13-32)34-24/h1-13,15H,14H2,(H,29,30,31). The molecule has 8 heteroatoms. The molecule has 3 aromatic carbocycles. The molecule has 0 spiro atoms. The number of nitrogens with one attached hydrogen (secondary N) is 1. The number of anilines is 2. The number of aromatic nitrogens is 2. The van der Waals surface area contributed by atoms with E-state index in [9.17, 15) is 13.6 Å². The van der Waals surface area contributed by atoms with Crippen molar-refractivity contribution in [2.75, 3.05) is 5.32 Å². The zero-order chi connectivity index (χ0) is 23.5. The zero-order valence-corrected chi connectivity index (χ0v) is 17.7. The quantitative estimate of drug-likeness (QED) is 0.289. The Morgan fingerprint density at radius 3 is 2.68 bits per heavy atom. The fourth-order valence-corrected chi connectivity index (χ4v) is 3.50. The summed E-state index contributed by atoms with van der Waals surface area (Å²) >= 11 is 0. The van der Waals surface area contributed by atoms with Crippen molar-refractivity contribution < 1.29 is 22.7 Å². The lowest BCUT2D eigenvalue weighted by Gasteiger charge is -2.12. The fourth-order valence-electron chi connectivity index (χ4n) is 3.50. The molecule has 0 amide bonds. The lowest BCUT2D eigenvalue weighted by molar-refractivity contribution is 0.110. The minimum Gasteiger partial charge on any atom is -0.486 e. The topological polar surface area (TPSA) is 77.2 Å². The number of furan rings is 1. The van der Waals surface area contributed by atoms with Crippen molar-refractivity contribution in [2.24, 2.45) is 0 Å². The van der Waals surface area contributed by atoms with Crippen molar-refractivity contribution >= 4 is 28.7 Å². The van der Waals surface area contributed by atoms with Gasteiger partial charge < -0.3 is 14.5 Å². The summed E-state index contributed by atoms with van der Waals surface area (Å²) in [7, 11) is 0. The second-order valence-corrected chi connectivity index (χ2v) is 7.46. The van der Waals surface area contributed by atoms with Gasteiger partial charge in [0.1, 0.15) is 30.3 Å². The van der Waals surface area contributed by atoms with E-state index in [1.165, 1.54) is 30.6 Å². The Hall–Kier alpha value is -4.59. The summed E-state index contributed by atoms with van der Waals surface area (Å²) < 4.78 is 39.0. The van der Waals surface area contributed by atoms with E-state index in [0.29, 0.717) is 40.0 Å². The first-order chi connectivity index (χ1) is 16.6. The van der Waals surface area contributed by atoms with E-state index >= 15 is 0 Å². The first kappa shape index (κ1) is 21.3. The number of aldehydes is 1. The molecule has 2 heterocycles. The van der Waals surface area contributed by atoms with Gasteiger partial charge >= 0.3 is 0 Å². The highest BCUT2D eigenvalue weighted by Crippen LogP contribution is 2.30. The number of benzene rings is 3. The minimum atomic E-state index is -0.572. The van der Waals surface area contributed by atoms with Crippen molar-refractivity contribution in [2.45, 2.75) is 6.61 Å². The monoisotopic (exact) mass is 457 g/mol. The molecule has 2 aromatic heterocycles. The summed E-state index contributed by atoms with van der Waals surface area (Å²) in [6.07, 6.45) is 2.05. The SMILES string of the molecule is O=Cc1ccc(-c2ccc3ncnc(Nc4ccc(OCc5cccc(F)c5)c(F)c4)c3c2)o1. The molecule has 0 bridgehead atoms. The largest absolute Gasteiger partial charge is 0.486 e. The summed E-state index contributed by atoms with van der Waals surface area (Å²) in [5.74, 6) is 0.336. The van der Waals surface area contributed by atoms with Gasteiger partial charge in [0.15, 0.2) is 23.6 Å². The number of hydrogen-bond donors (Lipinski definition) is 1. The third kappa shape index (κ3) is 4.47. The summed E-state index contributed by atoms with van der Waals surface area (Å²) in [5, 5.41) is 3.80. The van der Waals surface area contributed by atoms with Crippen LogP contribution in [0.4, 0.5) is 20.3 Å². The first-order valence-electron chi connectivity index (χ1n) is 10.3. The molecule has 0 radical (unpaired) electrons. The molecule has 34 heavy (non-hydrogen) atoms. The van der Waals surface area contributed by atoms with E-state index in [1.54, 1.807) is 30.3 Å². The molecule has 0 unspecified atom stereocenters. The third-order valence-corrected chi connectivity index (χ3v) is 5.14. The molecule has 0 saturated carbocycles. The number of fused-ring (bicyclic) bond motifs is 1. The van der Waals surface area contributed by atoms with Crippen molar-refractivity contribution in [3.05, 3.63) is 102 Å². The second kappa shape index (κ2) is 9.11. The Bertz CT molecular complexity index is 1500. The van der Waals surface area contributed by atoms with Crippen molar-refractivity contribution in [1.82, 2.24) is 9.97 Å². The average molecular weight is 457 g/mol. The molecule has 0 saturated heterocycles. The van der Waals surface area contributed by atoms with Crippen LogP contribution in [-0.4, -0.2) is 16.3 Å². The number of ether oxygens (including phenoxy) is 1. The fraction of sp³-hybridized carbons (Fsp3) is 0.0385. The van der Waals surface area contributed by atoms with Gasteiger partial charge in [-0.25, -0.2) is 18.7 Å². The molecule has 0 atom stereocenters. The van der Waals surface area contributed by atoms with E-state index < -0.39 is 5.82 Å². The molecule has 6 nitrogen and oxygen atoms in total. The van der Waals surface area contributed by atoms with Gasteiger partial charge in [-0.1, -0.05) is 12.1 Å². The van der Waals surface area contributed by atoms with Crippen LogP contribution in [0.5, 0.6) is 5.75 Å². The summed E-state index contributed by atoms with van der Waals surface area (Å²) in [6.45, 7) is 0.0410. The van der Waals surface area contributed by atoms with Crippen LogP contribution >= 0.6 is 0 Å². The normalized spacial score (nSPS) is 10.9. The minimum absolute atomic E-state index is 0.0410. The predicted octanol–water partition coefficient (Wildman–Crippen LogP) is 6.30. The molecule has 1 N–H and O–H groups in total. The van der Waals surface area contributed by atoms with Gasteiger partial charge in [-0.3, -0.25) is 4.79 Å². The van der Waals surface area contributed by atoms with Gasteiger partial charge in [0.25, 0.3) is 0 Å². The summed E-state index contributed by atoms with van der Waals surface area (Å²) in [5.41, 5.74) is 2.48. The Morgan fingerprint density at radius 2 is 1.88 bits per heavy atom. The van der Waals surface area contributed by atoms with Crippen molar-refractivity contribution in [1.29, 1.82) is 0 Å². The van der Waals surface area contributed by atoms with Crippen LogP contribution in [0.25, 0.3) is 22.2 Å². The Balaban J connectivity index is 1.38. The zero-order valence-electron chi connectivity index (χ0n) is 17.7. The Labute approximate surface area is 192 Å². The molecular formula is C26H17F2N3O3. The highest BCUT2D eigenvalue weighted by Gasteiger charge is 2.11. The Morgan fingerprint density at radius 1 is 0.971 bits per heavy atom. The van der Waals surface area contributed by atoms with E-state index in [1.807, 2.05) is 18.2 Å². The lowest BCUT2D eigenvalue weighted by Crippen LogP contribution is -2.00. The smallest absolute Gasteiger partial charge is 0.185 e. The number of carbonyl (C=O) groups is 1. The third-order valence-electron chi connectivity index (χ3n) is 5.14. The van der Waals surface area contributed by atoms with Crippen LogP contribution in [-0.2, 0) is 6.61 Å². The maximum atomic E-state index is 14.7. The summed E-state index contributed by atoms with van der Waals surface area (Å²) in [6, 6.07) is 19.2. The Kier molecular flexibility index (Phi) is 5.70. The molecule has 0 fully saturated rings. The van der Waals surface area contributed by atoms with E-state index in [0.717, 1.165) is 5.56 Å². The first-order valence-corrected chi connectivity index (χ1v) is 10.3. The van der Waals surface area contributed by atoms with Crippen LogP contribution < -0.4 is 10.1 Å². The molecule has 168 valence electrons. The summed E-state index contributed by atoms with van der Waals surface area (Å²) in [4.78, 5) is 19.5. The molecule has 0 aliphatic carbocycles. The van der Waals surface area contributed by atoms with Gasteiger partial charge in [0.2, 0.25) is 0 Å². The molecule has 0 aliphatic heterocycles. The van der Waals surface area contributed by atoms with Gasteiger partial charge in [-0.15, -0.1) is 0 Å². The van der Waals surface area contributed by atoms with Crippen LogP contribution in [0.15, 0.2) is 83.5 Å². The van der Waals surface area contributed by atoms with Crippen LogP contribution in [0.1, 0.15) is 16.1 Å². The van der Waals surface area contributed by atoms with Gasteiger partial charge in [-0.05, 0) is 60.2 Å². The maximum Gasteiger partial charge on any atom is 0.185 e. The van der Waals surface area contributed by atoms with E-state index in [2.05, 4.69) is 15.3 Å². The van der Waals surface area contributed by atoms with Crippen LogP contribution in [0, 0.1) is 11.6 Å². The molecular weight excluding hydrogens is 440 g/mol. The van der Waals surface area contributed by atoms with Crippen molar-refractivity contribution in [3.63, 3.8) is 0 Å². The van der Waals surface area contributed by atoms with E-state index in [4.69, 9.17) is 9.15 Å². The number of hydrogen-bond acceptors (Lipinski definition) is 6. The maximum absolute atomic E-state index is 14.7. The lowest BCUT2D eigenvalue weighted by atomic mass is 10.1. The van der Waals surface area contributed by atoms with Crippen molar-refractivity contribution in [3.8, 4) is 17.1 Å². The number of carbonyl (C=O) groups excluding carboxylic acids is 1. The van der Waals surface area contributed by atoms with E-state index in [-0.39, 0.29) is 23.9 Å². The predicted molar refractivity (Wildman–Crippen MR) is 123 cm³/mol. The van der Waals surface area contributed by atoms with Gasteiger partial charge in [0, 0.05) is 22.7 Å². The number of rotatable bonds is 7. The number of halogens is 2. The second-order valence-electron chi connectivity index (χ2n) is 7.46. The van der Waals surface area contributed by atoms with Crippen LogP contribution in [0.2, 0.25) is 0 Å². The average Bonchev–Trinajstić information content (AvgIpc) is 3.33. The van der Waals surface area contributed by atoms with Gasteiger partial charge in [0.05, 0.1) is 5.52 Å². The highest BCUT2D eigenvalue weighted by atomic mass is 19.1.